The van der Waals surface area contributed by atoms with Crippen molar-refractivity contribution >= 4 is 47.1 Å². The van der Waals surface area contributed by atoms with Gasteiger partial charge in [0.1, 0.15) is 13.2 Å². The van der Waals surface area contributed by atoms with Crippen LogP contribution in [0.1, 0.15) is 86.1 Å². The van der Waals surface area contributed by atoms with E-state index in [9.17, 15) is 24.0 Å². The lowest BCUT2D eigenvalue weighted by atomic mass is 10.0. The second-order valence-corrected chi connectivity index (χ2v) is 14.3. The molecule has 0 heterocycles. The van der Waals surface area contributed by atoms with Crippen LogP contribution in [0.4, 0.5) is 26.7 Å². The number of rotatable bonds is 25. The molecule has 0 atom stereocenters. The Balaban J connectivity index is 0.893. The lowest BCUT2D eigenvalue weighted by Crippen LogP contribution is -2.15. The van der Waals surface area contributed by atoms with E-state index in [0.717, 1.165) is 28.8 Å². The molecule has 4 aromatic rings. The normalized spacial score (nSPS) is 10.6. The molecule has 60 heavy (non-hydrogen) atoms. The van der Waals surface area contributed by atoms with Crippen LogP contribution in [0.3, 0.4) is 0 Å². The Bertz CT molecular complexity index is 1920. The summed E-state index contributed by atoms with van der Waals surface area (Å²) in [5.74, 6) is -0.772. The van der Waals surface area contributed by atoms with E-state index in [-0.39, 0.29) is 70.3 Å². The zero-order valence-electron chi connectivity index (χ0n) is 34.6. The first-order chi connectivity index (χ1) is 29.1. The fraction of sp³-hybridized carbons (Fsp3) is 0.383. The summed E-state index contributed by atoms with van der Waals surface area (Å²) < 4.78 is 26.2. The van der Waals surface area contributed by atoms with Crippen molar-refractivity contribution in [1.82, 2.24) is 0 Å². The lowest BCUT2D eigenvalue weighted by Gasteiger charge is -2.09. The average molecular weight is 824 g/mol. The number of ether oxygens (including phenoxy) is 5. The average Bonchev–Trinajstić information content (AvgIpc) is 3.23. The summed E-state index contributed by atoms with van der Waals surface area (Å²) in [5, 5.41) is 8.20. The maximum Gasteiger partial charge on any atom is 0.411 e. The van der Waals surface area contributed by atoms with E-state index >= 15 is 0 Å². The SMILES string of the molecule is CC(=O)Nc1ccc(Cc2ccc(NC(=O)OCCCCCC(=O)OCCOCCOC(=O)CCCCCOC(=O)Nc3ccc(Cc4ccc(C)cc4)cc3)cc2)cc1. The summed E-state index contributed by atoms with van der Waals surface area (Å²) in [7, 11) is 0. The van der Waals surface area contributed by atoms with Crippen molar-refractivity contribution in [3.63, 3.8) is 0 Å². The summed E-state index contributed by atoms with van der Waals surface area (Å²) >= 11 is 0. The molecule has 0 spiro atoms. The molecule has 3 amide bonds. The fourth-order valence-corrected chi connectivity index (χ4v) is 5.91. The van der Waals surface area contributed by atoms with Gasteiger partial charge in [0.05, 0.1) is 26.4 Å². The van der Waals surface area contributed by atoms with Crippen molar-refractivity contribution in [3.05, 3.63) is 125 Å². The van der Waals surface area contributed by atoms with Gasteiger partial charge in [-0.1, -0.05) is 66.2 Å². The predicted octanol–water partition coefficient (Wildman–Crippen LogP) is 9.16. The van der Waals surface area contributed by atoms with Crippen molar-refractivity contribution in [2.24, 2.45) is 0 Å². The molecular formula is C47H57N3O10. The van der Waals surface area contributed by atoms with Crippen molar-refractivity contribution < 1.29 is 47.7 Å². The van der Waals surface area contributed by atoms with Crippen molar-refractivity contribution in [3.8, 4) is 0 Å². The van der Waals surface area contributed by atoms with E-state index in [1.807, 2.05) is 72.8 Å². The minimum absolute atomic E-state index is 0.102. The Morgan fingerprint density at radius 2 is 0.783 bits per heavy atom. The number of hydrogen-bond donors (Lipinski definition) is 3. The Kier molecular flexibility index (Phi) is 20.7. The molecule has 0 saturated carbocycles. The van der Waals surface area contributed by atoms with Crippen molar-refractivity contribution in [2.75, 3.05) is 55.6 Å². The van der Waals surface area contributed by atoms with Gasteiger partial charge >= 0.3 is 24.1 Å². The molecule has 320 valence electrons. The molecule has 0 aliphatic carbocycles. The molecule has 0 radical (unpaired) electrons. The summed E-state index contributed by atoms with van der Waals surface area (Å²) in [6.07, 6.45) is 4.85. The van der Waals surface area contributed by atoms with Gasteiger partial charge in [-0.05, 0) is 117 Å². The summed E-state index contributed by atoms with van der Waals surface area (Å²) in [5.41, 5.74) is 7.82. The van der Waals surface area contributed by atoms with Crippen LogP contribution in [0.2, 0.25) is 0 Å². The second-order valence-electron chi connectivity index (χ2n) is 14.3. The maximum atomic E-state index is 12.2. The standard InChI is InChI=1S/C47H57N3O10/c1-35-11-13-37(14-12-35)33-39-17-23-42(24-18-39)49-46(54)59-27-7-3-5-9-44(52)57-31-29-56-30-32-58-45(53)10-6-4-8-28-60-47(55)50-43-25-19-40(20-26-43)34-38-15-21-41(22-16-38)48-36(2)51/h11-26H,3-10,27-34H2,1-2H3,(H,48,51)(H,49,54)(H,50,55). The fourth-order valence-electron chi connectivity index (χ4n) is 5.91. The highest BCUT2D eigenvalue weighted by Crippen LogP contribution is 2.17. The molecule has 0 aromatic heterocycles. The number of anilines is 3. The van der Waals surface area contributed by atoms with Gasteiger partial charge < -0.3 is 29.0 Å². The first-order valence-corrected chi connectivity index (χ1v) is 20.5. The molecule has 4 rings (SSSR count). The van der Waals surface area contributed by atoms with Crippen molar-refractivity contribution in [1.29, 1.82) is 0 Å². The highest BCUT2D eigenvalue weighted by Gasteiger charge is 2.08. The number of carbonyl (C=O) groups is 5. The first-order valence-electron chi connectivity index (χ1n) is 20.5. The van der Waals surface area contributed by atoms with Crippen LogP contribution in [-0.2, 0) is 50.9 Å². The molecule has 0 fully saturated rings. The number of aryl methyl sites for hydroxylation is 1. The number of nitrogens with one attached hydrogen (secondary N) is 3. The zero-order chi connectivity index (χ0) is 42.8. The van der Waals surface area contributed by atoms with E-state index in [2.05, 4.69) is 47.1 Å². The summed E-state index contributed by atoms with van der Waals surface area (Å²) in [4.78, 5) is 59.5. The summed E-state index contributed by atoms with van der Waals surface area (Å²) in [6, 6.07) is 31.3. The number of carbonyl (C=O) groups excluding carboxylic acids is 5. The highest BCUT2D eigenvalue weighted by molar-refractivity contribution is 5.88. The number of unbranched alkanes of at least 4 members (excludes halogenated alkanes) is 4. The molecule has 3 N–H and O–H groups in total. The molecule has 0 bridgehead atoms. The highest BCUT2D eigenvalue weighted by atomic mass is 16.6. The van der Waals surface area contributed by atoms with Crippen molar-refractivity contribution in [2.45, 2.75) is 78.1 Å². The van der Waals surface area contributed by atoms with E-state index in [4.69, 9.17) is 23.7 Å². The number of hydrogen-bond acceptors (Lipinski definition) is 10. The van der Waals surface area contributed by atoms with Gasteiger partial charge in [0.25, 0.3) is 0 Å². The van der Waals surface area contributed by atoms with Crippen LogP contribution >= 0.6 is 0 Å². The molecule has 0 aliphatic heterocycles. The van der Waals surface area contributed by atoms with Gasteiger partial charge in [-0.15, -0.1) is 0 Å². The molecule has 0 unspecified atom stereocenters. The molecule has 0 saturated heterocycles. The van der Waals surface area contributed by atoms with Gasteiger partial charge in [0, 0.05) is 36.8 Å². The molecule has 13 heteroatoms. The van der Waals surface area contributed by atoms with E-state index in [1.165, 1.54) is 18.1 Å². The van der Waals surface area contributed by atoms with Crippen LogP contribution in [0.25, 0.3) is 0 Å². The van der Waals surface area contributed by atoms with E-state index in [1.54, 1.807) is 0 Å². The number of amides is 3. The number of esters is 2. The van der Waals surface area contributed by atoms with Crippen LogP contribution in [-0.4, -0.2) is 69.7 Å². The smallest absolute Gasteiger partial charge is 0.411 e. The van der Waals surface area contributed by atoms with Gasteiger partial charge in [0.2, 0.25) is 5.91 Å². The lowest BCUT2D eigenvalue weighted by molar-refractivity contribution is -0.146. The largest absolute Gasteiger partial charge is 0.463 e. The summed E-state index contributed by atoms with van der Waals surface area (Å²) in [6.45, 7) is 4.61. The quantitative estimate of drug-likeness (QED) is 0.0333. The molecule has 4 aromatic carbocycles. The minimum atomic E-state index is -0.543. The number of benzene rings is 4. The Morgan fingerprint density at radius 1 is 0.417 bits per heavy atom. The van der Waals surface area contributed by atoms with Gasteiger partial charge in [-0.3, -0.25) is 25.0 Å². The Morgan fingerprint density at radius 3 is 1.17 bits per heavy atom. The predicted molar refractivity (Wildman–Crippen MR) is 230 cm³/mol. The van der Waals surface area contributed by atoms with E-state index in [0.29, 0.717) is 56.3 Å². The van der Waals surface area contributed by atoms with Gasteiger partial charge in [0.15, 0.2) is 0 Å². The minimum Gasteiger partial charge on any atom is -0.463 e. The third-order valence-electron chi connectivity index (χ3n) is 9.11. The van der Waals surface area contributed by atoms with Crippen LogP contribution in [0.15, 0.2) is 97.1 Å². The van der Waals surface area contributed by atoms with Crippen LogP contribution in [0, 0.1) is 6.92 Å². The Hall–Kier alpha value is -6.21. The first kappa shape index (κ1) is 46.5. The third kappa shape index (κ3) is 20.0. The van der Waals surface area contributed by atoms with Crippen LogP contribution < -0.4 is 16.0 Å². The third-order valence-corrected chi connectivity index (χ3v) is 9.11. The zero-order valence-corrected chi connectivity index (χ0v) is 34.6. The molecule has 0 aliphatic rings. The molecular weight excluding hydrogens is 767 g/mol. The Labute approximate surface area is 352 Å². The maximum absolute atomic E-state index is 12.2. The second kappa shape index (κ2) is 26.7. The molecule has 13 nitrogen and oxygen atoms in total. The monoisotopic (exact) mass is 823 g/mol. The van der Waals surface area contributed by atoms with Gasteiger partial charge in [-0.2, -0.15) is 0 Å². The van der Waals surface area contributed by atoms with Crippen LogP contribution in [0.5, 0.6) is 0 Å². The van der Waals surface area contributed by atoms with Gasteiger partial charge in [-0.25, -0.2) is 9.59 Å². The topological polar surface area (TPSA) is 168 Å². The van der Waals surface area contributed by atoms with E-state index < -0.39 is 12.2 Å².